The highest BCUT2D eigenvalue weighted by atomic mass is 127. The smallest absolute Gasteiger partial charge is 0.194 e. The molecule has 0 amide bonds. The van der Waals surface area contributed by atoms with Crippen molar-refractivity contribution in [2.24, 2.45) is 0 Å². The second kappa shape index (κ2) is 5.61. The van der Waals surface area contributed by atoms with E-state index in [4.69, 9.17) is 15.2 Å². The van der Waals surface area contributed by atoms with Crippen LogP contribution in [0.4, 0.5) is 5.82 Å². The van der Waals surface area contributed by atoms with Crippen molar-refractivity contribution in [3.05, 3.63) is 10.2 Å². The van der Waals surface area contributed by atoms with Gasteiger partial charge in [0.05, 0.1) is 12.9 Å². The summed E-state index contributed by atoms with van der Waals surface area (Å²) >= 11 is 1.96. The molecule has 0 spiro atoms. The predicted octanol–water partition coefficient (Wildman–Crippen LogP) is -0.721. The molecule has 3 heterocycles. The maximum atomic E-state index is 10.1. The number of fused-ring (bicyclic) bond motifs is 1. The molecular weight excluding hydrogens is 393 g/mol. The number of hydrogen-bond acceptors (Lipinski definition) is 8. The molecule has 114 valence electrons. The van der Waals surface area contributed by atoms with Crippen LogP contribution in [0.25, 0.3) is 11.2 Å². The summed E-state index contributed by atoms with van der Waals surface area (Å²) in [7, 11) is 1.47. The van der Waals surface area contributed by atoms with E-state index in [-0.39, 0.29) is 12.4 Å². The van der Waals surface area contributed by atoms with E-state index in [9.17, 15) is 10.2 Å². The monoisotopic (exact) mass is 407 g/mol. The van der Waals surface area contributed by atoms with Crippen LogP contribution in [0.2, 0.25) is 0 Å². The molecule has 10 heteroatoms. The fourth-order valence-electron chi connectivity index (χ4n) is 2.44. The number of anilines is 1. The van der Waals surface area contributed by atoms with Crippen molar-refractivity contribution in [1.29, 1.82) is 0 Å². The first-order chi connectivity index (χ1) is 10.1. The molecule has 3 rings (SSSR count). The number of hydrogen-bond donors (Lipinski definition) is 3. The van der Waals surface area contributed by atoms with Crippen molar-refractivity contribution in [2.75, 3.05) is 19.5 Å². The molecule has 1 saturated heterocycles. The van der Waals surface area contributed by atoms with Gasteiger partial charge in [-0.2, -0.15) is 0 Å². The summed E-state index contributed by atoms with van der Waals surface area (Å²) in [5.74, 6) is 0.273. The van der Waals surface area contributed by atoms with E-state index in [1.54, 1.807) is 4.57 Å². The van der Waals surface area contributed by atoms with E-state index in [0.29, 0.717) is 15.0 Å². The van der Waals surface area contributed by atoms with Crippen LogP contribution >= 0.6 is 22.6 Å². The van der Waals surface area contributed by atoms with E-state index in [0.717, 1.165) is 0 Å². The minimum atomic E-state index is -0.944. The van der Waals surface area contributed by atoms with Crippen LogP contribution in [0.1, 0.15) is 6.23 Å². The summed E-state index contributed by atoms with van der Waals surface area (Å²) in [4.78, 5) is 12.5. The van der Waals surface area contributed by atoms with E-state index in [1.165, 1.54) is 13.4 Å². The van der Waals surface area contributed by atoms with Crippen molar-refractivity contribution in [3.8, 4) is 0 Å². The molecule has 2 aromatic heterocycles. The van der Waals surface area contributed by atoms with Crippen molar-refractivity contribution in [3.63, 3.8) is 0 Å². The summed E-state index contributed by atoms with van der Waals surface area (Å²) in [6.07, 6.45) is -1.46. The van der Waals surface area contributed by atoms with Gasteiger partial charge in [0.1, 0.15) is 23.8 Å². The van der Waals surface area contributed by atoms with Gasteiger partial charge in [0.25, 0.3) is 0 Å². The lowest BCUT2D eigenvalue weighted by atomic mass is 10.1. The Hall–Kier alpha value is -1.08. The largest absolute Gasteiger partial charge is 0.394 e. The fourth-order valence-corrected chi connectivity index (χ4v) is 2.93. The molecule has 4 N–H and O–H groups in total. The van der Waals surface area contributed by atoms with Crippen molar-refractivity contribution < 1.29 is 19.7 Å². The number of ether oxygens (including phenoxy) is 2. The highest BCUT2D eigenvalue weighted by Crippen LogP contribution is 2.33. The number of aromatic nitrogens is 4. The van der Waals surface area contributed by atoms with Gasteiger partial charge in [0, 0.05) is 29.7 Å². The molecule has 4 atom stereocenters. The van der Waals surface area contributed by atoms with Gasteiger partial charge in [-0.15, -0.1) is 0 Å². The van der Waals surface area contributed by atoms with Crippen LogP contribution in [0.3, 0.4) is 0 Å². The Morgan fingerprint density at radius 1 is 1.52 bits per heavy atom. The molecule has 0 aromatic carbocycles. The average Bonchev–Trinajstić information content (AvgIpc) is 2.99. The molecule has 0 bridgehead atoms. The van der Waals surface area contributed by atoms with Crippen LogP contribution in [-0.4, -0.2) is 61.8 Å². The van der Waals surface area contributed by atoms with Gasteiger partial charge in [-0.3, -0.25) is 4.57 Å². The number of nitrogens with two attached hydrogens (primary N) is 1. The molecule has 1 aliphatic heterocycles. The summed E-state index contributed by atoms with van der Waals surface area (Å²) in [5.41, 5.74) is 6.77. The Morgan fingerprint density at radius 3 is 2.95 bits per heavy atom. The van der Waals surface area contributed by atoms with Crippen LogP contribution in [0, 0.1) is 3.83 Å². The standard InChI is InChI=1S/C11H14IN5O4/c1-20-7-6(19)4(2-18)21-10(7)17-3-14-5-8(13)15-11(12)16-9(5)17/h3-4,6-7,10,18-19H,2H2,1H3,(H2,13,15,16)/t4-,6?,7?,10-/m1/s1. The number of imidazole rings is 1. The first kappa shape index (κ1) is 14.8. The third-order valence-electron chi connectivity index (χ3n) is 3.46. The Labute approximate surface area is 133 Å². The van der Waals surface area contributed by atoms with E-state index in [1.807, 2.05) is 22.6 Å². The third kappa shape index (κ3) is 2.36. The van der Waals surface area contributed by atoms with Crippen LogP contribution in [0.15, 0.2) is 6.33 Å². The van der Waals surface area contributed by atoms with E-state index >= 15 is 0 Å². The molecule has 1 fully saturated rings. The van der Waals surface area contributed by atoms with Gasteiger partial charge in [-0.25, -0.2) is 15.0 Å². The highest BCUT2D eigenvalue weighted by Gasteiger charge is 2.45. The number of methoxy groups -OCH3 is 1. The van der Waals surface area contributed by atoms with E-state index in [2.05, 4.69) is 15.0 Å². The van der Waals surface area contributed by atoms with E-state index < -0.39 is 24.5 Å². The Bertz CT molecular complexity index is 665. The number of aliphatic hydroxyl groups is 2. The summed E-state index contributed by atoms with van der Waals surface area (Å²) in [6.45, 7) is -0.307. The zero-order valence-electron chi connectivity index (χ0n) is 11.0. The molecule has 9 nitrogen and oxygen atoms in total. The fraction of sp³-hybridized carbons (Fsp3) is 0.545. The average molecular weight is 407 g/mol. The molecule has 1 aliphatic rings. The van der Waals surface area contributed by atoms with Gasteiger partial charge >= 0.3 is 0 Å². The molecule has 2 unspecified atom stereocenters. The molecule has 0 aliphatic carbocycles. The van der Waals surface area contributed by atoms with Gasteiger partial charge in [0.2, 0.25) is 0 Å². The van der Waals surface area contributed by atoms with Gasteiger partial charge < -0.3 is 25.4 Å². The van der Waals surface area contributed by atoms with Crippen molar-refractivity contribution >= 4 is 39.6 Å². The summed E-state index contributed by atoms with van der Waals surface area (Å²) in [5, 5.41) is 19.4. The Balaban J connectivity index is 2.08. The third-order valence-corrected chi connectivity index (χ3v) is 3.94. The minimum Gasteiger partial charge on any atom is -0.394 e. The van der Waals surface area contributed by atoms with Gasteiger partial charge in [0.15, 0.2) is 21.5 Å². The molecule has 0 saturated carbocycles. The lowest BCUT2D eigenvalue weighted by Crippen LogP contribution is -2.34. The lowest BCUT2D eigenvalue weighted by molar-refractivity contribution is -0.0583. The number of nitrogens with zero attached hydrogens (tertiary/aromatic N) is 4. The molecule has 2 aromatic rings. The Morgan fingerprint density at radius 2 is 2.29 bits per heavy atom. The summed E-state index contributed by atoms with van der Waals surface area (Å²) in [6, 6.07) is 0. The maximum absolute atomic E-state index is 10.1. The van der Waals surface area contributed by atoms with Crippen LogP contribution < -0.4 is 5.73 Å². The topological polar surface area (TPSA) is 129 Å². The number of nitrogen functional groups attached to an aromatic ring is 1. The summed E-state index contributed by atoms with van der Waals surface area (Å²) < 4.78 is 13.0. The molecular formula is C11H14IN5O4. The van der Waals surface area contributed by atoms with Gasteiger partial charge in [-0.05, 0) is 0 Å². The second-order valence-corrected chi connectivity index (χ2v) is 5.61. The first-order valence-corrected chi connectivity index (χ1v) is 7.27. The second-order valence-electron chi connectivity index (χ2n) is 4.64. The highest BCUT2D eigenvalue weighted by molar-refractivity contribution is 14.1. The number of rotatable bonds is 3. The maximum Gasteiger partial charge on any atom is 0.194 e. The zero-order chi connectivity index (χ0) is 15.1. The predicted molar refractivity (Wildman–Crippen MR) is 80.3 cm³/mol. The first-order valence-electron chi connectivity index (χ1n) is 6.19. The zero-order valence-corrected chi connectivity index (χ0v) is 13.2. The quantitative estimate of drug-likeness (QED) is 0.449. The number of halogens is 1. The molecule has 21 heavy (non-hydrogen) atoms. The van der Waals surface area contributed by atoms with Gasteiger partial charge in [-0.1, -0.05) is 0 Å². The Kier molecular flexibility index (Phi) is 3.96. The van der Waals surface area contributed by atoms with Crippen LogP contribution in [0.5, 0.6) is 0 Å². The van der Waals surface area contributed by atoms with Crippen molar-refractivity contribution in [1.82, 2.24) is 19.5 Å². The lowest BCUT2D eigenvalue weighted by Gasteiger charge is -2.19. The molecule has 0 radical (unpaired) electrons. The van der Waals surface area contributed by atoms with Crippen molar-refractivity contribution in [2.45, 2.75) is 24.5 Å². The minimum absolute atomic E-state index is 0.273. The number of aliphatic hydroxyl groups excluding tert-OH is 2. The normalized spacial score (nSPS) is 29.3. The van der Waals surface area contributed by atoms with Crippen LogP contribution in [-0.2, 0) is 9.47 Å². The SMILES string of the molecule is COC1C(O)[C@@H](CO)O[C@H]1n1cnc2c(N)nc(I)nc21.